The summed E-state index contributed by atoms with van der Waals surface area (Å²) in [5, 5.41) is 15.7. The zero-order chi connectivity index (χ0) is 13.8. The Hall–Kier alpha value is -2.05. The largest absolute Gasteiger partial charge is 0.480 e. The predicted octanol–water partition coefficient (Wildman–Crippen LogP) is 0.901. The number of aliphatic carboxylic acids is 1. The molecule has 1 aliphatic heterocycles. The Morgan fingerprint density at radius 2 is 2.37 bits per heavy atom. The fourth-order valence-corrected chi connectivity index (χ4v) is 2.34. The summed E-state index contributed by atoms with van der Waals surface area (Å²) < 4.78 is 0. The van der Waals surface area contributed by atoms with Crippen LogP contribution in [0.5, 0.6) is 0 Å². The van der Waals surface area contributed by atoms with Crippen LogP contribution >= 0.6 is 0 Å². The maximum atomic E-state index is 12.3. The van der Waals surface area contributed by atoms with Crippen LogP contribution < -0.4 is 0 Å². The van der Waals surface area contributed by atoms with E-state index in [1.807, 2.05) is 0 Å². The van der Waals surface area contributed by atoms with E-state index in [9.17, 15) is 9.59 Å². The van der Waals surface area contributed by atoms with Gasteiger partial charge < -0.3 is 14.9 Å². The van der Waals surface area contributed by atoms with Crippen LogP contribution in [0.2, 0.25) is 0 Å². The van der Waals surface area contributed by atoms with Crippen molar-refractivity contribution in [1.29, 1.82) is 0 Å². The van der Waals surface area contributed by atoms with Gasteiger partial charge in [0.25, 0.3) is 0 Å². The van der Waals surface area contributed by atoms with Gasteiger partial charge in [-0.05, 0) is 19.3 Å². The molecule has 0 aromatic carbocycles. The van der Waals surface area contributed by atoms with Crippen molar-refractivity contribution in [2.24, 2.45) is 0 Å². The molecule has 2 N–H and O–H groups in total. The molecular weight excluding hydrogens is 248 g/mol. The van der Waals surface area contributed by atoms with Gasteiger partial charge >= 0.3 is 12.0 Å². The minimum Gasteiger partial charge on any atom is -0.480 e. The lowest BCUT2D eigenvalue weighted by Crippen LogP contribution is -2.52. The Kier molecular flexibility index (Phi) is 4.03. The summed E-state index contributed by atoms with van der Waals surface area (Å²) in [5.41, 5.74) is 0.889. The number of carbonyl (C=O) groups excluding carboxylic acids is 1. The highest BCUT2D eigenvalue weighted by Crippen LogP contribution is 2.19. The van der Waals surface area contributed by atoms with Gasteiger partial charge in [0.05, 0.1) is 12.7 Å². The quantitative estimate of drug-likeness (QED) is 0.850. The van der Waals surface area contributed by atoms with Crippen molar-refractivity contribution in [3.63, 3.8) is 0 Å². The topological polar surface area (TPSA) is 89.5 Å². The summed E-state index contributed by atoms with van der Waals surface area (Å²) >= 11 is 0. The second kappa shape index (κ2) is 5.73. The van der Waals surface area contributed by atoms with Gasteiger partial charge in [-0.25, -0.2) is 9.59 Å². The molecule has 1 aromatic rings. The number of nitrogens with one attached hydrogen (secondary N) is 1. The van der Waals surface area contributed by atoms with Crippen LogP contribution in [-0.2, 0) is 11.3 Å². The first kappa shape index (κ1) is 13.4. The van der Waals surface area contributed by atoms with Crippen molar-refractivity contribution in [3.05, 3.63) is 18.0 Å². The number of H-pyrrole nitrogens is 1. The molecule has 2 heterocycles. The first-order valence-corrected chi connectivity index (χ1v) is 6.32. The van der Waals surface area contributed by atoms with Crippen molar-refractivity contribution in [1.82, 2.24) is 20.0 Å². The number of amides is 2. The van der Waals surface area contributed by atoms with Crippen LogP contribution in [0.15, 0.2) is 12.4 Å². The van der Waals surface area contributed by atoms with Gasteiger partial charge in [0.15, 0.2) is 0 Å². The third-order valence-electron chi connectivity index (χ3n) is 3.33. The Labute approximate surface area is 111 Å². The van der Waals surface area contributed by atoms with Gasteiger partial charge in [-0.15, -0.1) is 0 Å². The molecule has 7 heteroatoms. The van der Waals surface area contributed by atoms with Gasteiger partial charge in [0.1, 0.15) is 6.04 Å². The molecule has 0 radical (unpaired) electrons. The standard InChI is InChI=1S/C12H18N4O3/c1-15(8-9-6-13-14-7-9)12(19)16-5-3-2-4-10(16)11(17)18/h6-7,10H,2-5,8H2,1H3,(H,13,14)(H,17,18). The minimum absolute atomic E-state index is 0.242. The van der Waals surface area contributed by atoms with Crippen molar-refractivity contribution >= 4 is 12.0 Å². The van der Waals surface area contributed by atoms with Crippen LogP contribution in [0, 0.1) is 0 Å². The summed E-state index contributed by atoms with van der Waals surface area (Å²) in [7, 11) is 1.67. The monoisotopic (exact) mass is 266 g/mol. The highest BCUT2D eigenvalue weighted by molar-refractivity contribution is 5.82. The number of carboxylic acids is 1. The SMILES string of the molecule is CN(Cc1cn[nH]c1)C(=O)N1CCCCC1C(=O)O. The summed E-state index contributed by atoms with van der Waals surface area (Å²) in [5.74, 6) is -0.926. The zero-order valence-corrected chi connectivity index (χ0v) is 10.9. The van der Waals surface area contributed by atoms with Gasteiger partial charge in [-0.3, -0.25) is 5.10 Å². The zero-order valence-electron chi connectivity index (χ0n) is 10.9. The molecule has 1 aliphatic rings. The number of urea groups is 1. The van der Waals surface area contributed by atoms with E-state index in [4.69, 9.17) is 5.11 Å². The Morgan fingerprint density at radius 1 is 1.58 bits per heavy atom. The number of carbonyl (C=O) groups is 2. The van der Waals surface area contributed by atoms with Crippen molar-refractivity contribution in [2.45, 2.75) is 31.8 Å². The number of nitrogens with zero attached hydrogens (tertiary/aromatic N) is 3. The summed E-state index contributed by atoms with van der Waals surface area (Å²) in [4.78, 5) is 26.4. The Balaban J connectivity index is 2.02. The molecule has 2 rings (SSSR count). The smallest absolute Gasteiger partial charge is 0.326 e. The highest BCUT2D eigenvalue weighted by Gasteiger charge is 2.33. The third-order valence-corrected chi connectivity index (χ3v) is 3.33. The number of piperidine rings is 1. The van der Waals surface area contributed by atoms with Gasteiger partial charge in [0.2, 0.25) is 0 Å². The fourth-order valence-electron chi connectivity index (χ4n) is 2.34. The molecule has 104 valence electrons. The summed E-state index contributed by atoms with van der Waals surface area (Å²) in [6, 6.07) is -0.943. The molecule has 1 saturated heterocycles. The van der Waals surface area contributed by atoms with E-state index in [0.29, 0.717) is 19.5 Å². The van der Waals surface area contributed by atoms with E-state index in [-0.39, 0.29) is 6.03 Å². The molecular formula is C12H18N4O3. The maximum Gasteiger partial charge on any atom is 0.326 e. The number of rotatable bonds is 3. The average Bonchev–Trinajstić information content (AvgIpc) is 2.90. The van der Waals surface area contributed by atoms with E-state index in [0.717, 1.165) is 18.4 Å². The van der Waals surface area contributed by atoms with E-state index in [2.05, 4.69) is 10.2 Å². The number of hydrogen-bond acceptors (Lipinski definition) is 3. The second-order valence-electron chi connectivity index (χ2n) is 4.79. The Morgan fingerprint density at radius 3 is 3.00 bits per heavy atom. The minimum atomic E-state index is -0.926. The first-order valence-electron chi connectivity index (χ1n) is 6.32. The molecule has 1 fully saturated rings. The molecule has 1 aromatic heterocycles. The van der Waals surface area contributed by atoms with Crippen LogP contribution in [-0.4, -0.2) is 56.7 Å². The van der Waals surface area contributed by atoms with E-state index in [1.165, 1.54) is 9.80 Å². The van der Waals surface area contributed by atoms with Gasteiger partial charge in [0, 0.05) is 25.4 Å². The number of aromatic nitrogens is 2. The van der Waals surface area contributed by atoms with Crippen molar-refractivity contribution < 1.29 is 14.7 Å². The molecule has 0 bridgehead atoms. The molecule has 1 atom stereocenters. The van der Waals surface area contributed by atoms with Gasteiger partial charge in [-0.2, -0.15) is 5.10 Å². The molecule has 0 spiro atoms. The highest BCUT2D eigenvalue weighted by atomic mass is 16.4. The third kappa shape index (κ3) is 3.04. The molecule has 19 heavy (non-hydrogen) atoms. The number of carboxylic acid groups (broad SMARTS) is 1. The molecule has 1 unspecified atom stereocenters. The van der Waals surface area contributed by atoms with Crippen LogP contribution in [0.1, 0.15) is 24.8 Å². The number of hydrogen-bond donors (Lipinski definition) is 2. The lowest BCUT2D eigenvalue weighted by Gasteiger charge is -2.35. The van der Waals surface area contributed by atoms with Crippen LogP contribution in [0.3, 0.4) is 0 Å². The number of likely N-dealkylation sites (tertiary alicyclic amines) is 1. The van der Waals surface area contributed by atoms with Gasteiger partial charge in [-0.1, -0.05) is 0 Å². The lowest BCUT2D eigenvalue weighted by atomic mass is 10.0. The lowest BCUT2D eigenvalue weighted by molar-refractivity contribution is -0.143. The van der Waals surface area contributed by atoms with Crippen molar-refractivity contribution in [2.75, 3.05) is 13.6 Å². The molecule has 0 aliphatic carbocycles. The second-order valence-corrected chi connectivity index (χ2v) is 4.79. The maximum absolute atomic E-state index is 12.3. The van der Waals surface area contributed by atoms with E-state index < -0.39 is 12.0 Å². The average molecular weight is 266 g/mol. The molecule has 0 saturated carbocycles. The molecule has 7 nitrogen and oxygen atoms in total. The number of aromatic amines is 1. The van der Waals surface area contributed by atoms with Crippen LogP contribution in [0.25, 0.3) is 0 Å². The summed E-state index contributed by atoms with van der Waals surface area (Å²) in [6.45, 7) is 0.920. The molecule has 2 amide bonds. The van der Waals surface area contributed by atoms with E-state index in [1.54, 1.807) is 19.4 Å². The Bertz CT molecular complexity index is 446. The normalized spacial score (nSPS) is 19.2. The van der Waals surface area contributed by atoms with Crippen LogP contribution in [0.4, 0.5) is 4.79 Å². The van der Waals surface area contributed by atoms with Crippen molar-refractivity contribution in [3.8, 4) is 0 Å². The predicted molar refractivity (Wildman–Crippen MR) is 67.4 cm³/mol. The fraction of sp³-hybridized carbons (Fsp3) is 0.583. The van der Waals surface area contributed by atoms with E-state index >= 15 is 0 Å². The summed E-state index contributed by atoms with van der Waals surface area (Å²) in [6.07, 6.45) is 5.60. The first-order chi connectivity index (χ1) is 9.09.